The SMILES string of the molecule is C[C@@H](C(=O)Cc1ccccc1)c1ccccc1. The summed E-state index contributed by atoms with van der Waals surface area (Å²) in [5.74, 6) is 0.235. The first-order valence-electron chi connectivity index (χ1n) is 5.89. The molecule has 0 saturated heterocycles. The Hall–Kier alpha value is -1.89. The fourth-order valence-electron chi connectivity index (χ4n) is 1.88. The minimum atomic E-state index is -0.0311. The topological polar surface area (TPSA) is 17.1 Å². The first-order valence-corrected chi connectivity index (χ1v) is 5.89. The van der Waals surface area contributed by atoms with Crippen LogP contribution >= 0.6 is 0 Å². The molecule has 0 saturated carbocycles. The highest BCUT2D eigenvalue weighted by atomic mass is 16.1. The second-order valence-corrected chi connectivity index (χ2v) is 4.26. The van der Waals surface area contributed by atoms with Gasteiger partial charge in [-0.15, -0.1) is 0 Å². The standard InChI is InChI=1S/C16H16O/c1-13(15-10-6-3-7-11-15)16(17)12-14-8-4-2-5-9-14/h2-11,13H,12H2,1H3/t13-/m1/s1. The van der Waals surface area contributed by atoms with Gasteiger partial charge in [-0.05, 0) is 11.1 Å². The largest absolute Gasteiger partial charge is 0.299 e. The zero-order valence-electron chi connectivity index (χ0n) is 9.97. The van der Waals surface area contributed by atoms with Crippen LogP contribution in [-0.4, -0.2) is 5.78 Å². The third-order valence-electron chi connectivity index (χ3n) is 3.00. The molecule has 2 aromatic rings. The van der Waals surface area contributed by atoms with E-state index in [0.29, 0.717) is 6.42 Å². The number of carbonyl (C=O) groups is 1. The normalized spacial score (nSPS) is 12.1. The number of carbonyl (C=O) groups excluding carboxylic acids is 1. The first kappa shape index (κ1) is 11.6. The van der Waals surface area contributed by atoms with Crippen molar-refractivity contribution in [1.29, 1.82) is 0 Å². The van der Waals surface area contributed by atoms with Crippen LogP contribution in [0.3, 0.4) is 0 Å². The van der Waals surface area contributed by atoms with Gasteiger partial charge in [-0.3, -0.25) is 4.79 Å². The predicted molar refractivity (Wildman–Crippen MR) is 70.0 cm³/mol. The molecule has 0 unspecified atom stereocenters. The smallest absolute Gasteiger partial charge is 0.144 e. The van der Waals surface area contributed by atoms with E-state index >= 15 is 0 Å². The van der Waals surface area contributed by atoms with Crippen LogP contribution in [0.15, 0.2) is 60.7 Å². The Labute approximate surface area is 102 Å². The molecule has 0 aliphatic heterocycles. The van der Waals surface area contributed by atoms with Crippen LogP contribution < -0.4 is 0 Å². The van der Waals surface area contributed by atoms with E-state index < -0.39 is 0 Å². The monoisotopic (exact) mass is 224 g/mol. The van der Waals surface area contributed by atoms with E-state index in [1.807, 2.05) is 67.6 Å². The summed E-state index contributed by atoms with van der Waals surface area (Å²) in [5.41, 5.74) is 2.17. The van der Waals surface area contributed by atoms with Crippen molar-refractivity contribution >= 4 is 5.78 Å². The van der Waals surface area contributed by atoms with Gasteiger partial charge in [0.15, 0.2) is 0 Å². The third-order valence-corrected chi connectivity index (χ3v) is 3.00. The van der Waals surface area contributed by atoms with Crippen molar-refractivity contribution in [2.75, 3.05) is 0 Å². The first-order chi connectivity index (χ1) is 8.27. The Morgan fingerprint density at radius 3 is 2.06 bits per heavy atom. The van der Waals surface area contributed by atoms with Gasteiger partial charge in [0.1, 0.15) is 5.78 Å². The maximum atomic E-state index is 12.1. The Kier molecular flexibility index (Phi) is 3.71. The maximum absolute atomic E-state index is 12.1. The fourth-order valence-corrected chi connectivity index (χ4v) is 1.88. The van der Waals surface area contributed by atoms with Crippen LogP contribution in [0.4, 0.5) is 0 Å². The maximum Gasteiger partial charge on any atom is 0.144 e. The van der Waals surface area contributed by atoms with Crippen molar-refractivity contribution < 1.29 is 4.79 Å². The number of rotatable bonds is 4. The van der Waals surface area contributed by atoms with Crippen molar-refractivity contribution in [3.8, 4) is 0 Å². The summed E-state index contributed by atoms with van der Waals surface area (Å²) in [5, 5.41) is 0. The summed E-state index contributed by atoms with van der Waals surface area (Å²) in [7, 11) is 0. The third kappa shape index (κ3) is 3.04. The molecule has 0 heterocycles. The molecule has 0 N–H and O–H groups in total. The highest BCUT2D eigenvalue weighted by Gasteiger charge is 2.14. The molecule has 0 radical (unpaired) electrons. The lowest BCUT2D eigenvalue weighted by atomic mass is 9.93. The molecule has 17 heavy (non-hydrogen) atoms. The lowest BCUT2D eigenvalue weighted by molar-refractivity contribution is -0.119. The number of hydrogen-bond donors (Lipinski definition) is 0. The summed E-state index contributed by atoms with van der Waals surface area (Å²) < 4.78 is 0. The highest BCUT2D eigenvalue weighted by Crippen LogP contribution is 2.17. The highest BCUT2D eigenvalue weighted by molar-refractivity contribution is 5.87. The van der Waals surface area contributed by atoms with Gasteiger partial charge in [0.25, 0.3) is 0 Å². The molecule has 0 aliphatic carbocycles. The number of hydrogen-bond acceptors (Lipinski definition) is 1. The van der Waals surface area contributed by atoms with Crippen LogP contribution in [0.25, 0.3) is 0 Å². The quantitative estimate of drug-likeness (QED) is 0.775. The van der Waals surface area contributed by atoms with Crippen LogP contribution in [0.5, 0.6) is 0 Å². The molecule has 1 heteroatoms. The van der Waals surface area contributed by atoms with Gasteiger partial charge in [0.05, 0.1) is 0 Å². The summed E-state index contributed by atoms with van der Waals surface area (Å²) >= 11 is 0. The van der Waals surface area contributed by atoms with Gasteiger partial charge in [0, 0.05) is 12.3 Å². The van der Waals surface area contributed by atoms with Gasteiger partial charge in [-0.2, -0.15) is 0 Å². The van der Waals surface area contributed by atoms with E-state index in [-0.39, 0.29) is 11.7 Å². The Morgan fingerprint density at radius 2 is 1.47 bits per heavy atom. The van der Waals surface area contributed by atoms with Crippen molar-refractivity contribution in [2.24, 2.45) is 0 Å². The summed E-state index contributed by atoms with van der Waals surface area (Å²) in [6, 6.07) is 19.8. The van der Waals surface area contributed by atoms with Gasteiger partial charge in [0.2, 0.25) is 0 Å². The molecule has 0 spiro atoms. The number of ketones is 1. The molecule has 0 aromatic heterocycles. The van der Waals surface area contributed by atoms with Crippen molar-refractivity contribution in [2.45, 2.75) is 19.3 Å². The average molecular weight is 224 g/mol. The van der Waals surface area contributed by atoms with Gasteiger partial charge >= 0.3 is 0 Å². The summed E-state index contributed by atoms with van der Waals surface area (Å²) in [4.78, 5) is 12.1. The molecule has 1 atom stereocenters. The lowest BCUT2D eigenvalue weighted by Gasteiger charge is -2.10. The zero-order chi connectivity index (χ0) is 12.1. The molecule has 0 amide bonds. The Morgan fingerprint density at radius 1 is 0.941 bits per heavy atom. The molecule has 0 bridgehead atoms. The minimum absolute atomic E-state index is 0.0311. The summed E-state index contributed by atoms with van der Waals surface area (Å²) in [6.45, 7) is 1.97. The predicted octanol–water partition coefficient (Wildman–Crippen LogP) is 3.60. The Balaban J connectivity index is 2.06. The minimum Gasteiger partial charge on any atom is -0.299 e. The van der Waals surface area contributed by atoms with E-state index in [2.05, 4.69) is 0 Å². The van der Waals surface area contributed by atoms with Crippen LogP contribution in [0, 0.1) is 0 Å². The van der Waals surface area contributed by atoms with Gasteiger partial charge < -0.3 is 0 Å². The average Bonchev–Trinajstić information content (AvgIpc) is 2.40. The number of benzene rings is 2. The fraction of sp³-hybridized carbons (Fsp3) is 0.188. The molecular weight excluding hydrogens is 208 g/mol. The molecule has 86 valence electrons. The van der Waals surface area contributed by atoms with Gasteiger partial charge in [-0.1, -0.05) is 67.6 Å². The van der Waals surface area contributed by atoms with Crippen LogP contribution in [0.2, 0.25) is 0 Å². The molecule has 2 aromatic carbocycles. The molecule has 0 fully saturated rings. The summed E-state index contributed by atoms with van der Waals surface area (Å²) in [6.07, 6.45) is 0.511. The lowest BCUT2D eigenvalue weighted by Crippen LogP contribution is -2.11. The van der Waals surface area contributed by atoms with Crippen molar-refractivity contribution in [3.05, 3.63) is 71.8 Å². The Bertz CT molecular complexity index is 473. The van der Waals surface area contributed by atoms with Crippen LogP contribution in [0.1, 0.15) is 24.0 Å². The van der Waals surface area contributed by atoms with E-state index in [0.717, 1.165) is 11.1 Å². The van der Waals surface area contributed by atoms with Crippen molar-refractivity contribution in [3.63, 3.8) is 0 Å². The van der Waals surface area contributed by atoms with E-state index in [1.54, 1.807) is 0 Å². The van der Waals surface area contributed by atoms with Gasteiger partial charge in [-0.25, -0.2) is 0 Å². The second kappa shape index (κ2) is 5.44. The van der Waals surface area contributed by atoms with E-state index in [4.69, 9.17) is 0 Å². The molecule has 2 rings (SSSR count). The van der Waals surface area contributed by atoms with Crippen molar-refractivity contribution in [1.82, 2.24) is 0 Å². The molecule has 1 nitrogen and oxygen atoms in total. The number of Topliss-reactive ketones (excluding diaryl/α,β-unsaturated/α-hetero) is 1. The molecule has 0 aliphatic rings. The molecular formula is C16H16O. The van der Waals surface area contributed by atoms with E-state index in [1.165, 1.54) is 0 Å². The van der Waals surface area contributed by atoms with E-state index in [9.17, 15) is 4.79 Å². The second-order valence-electron chi connectivity index (χ2n) is 4.26. The zero-order valence-corrected chi connectivity index (χ0v) is 9.97. The van der Waals surface area contributed by atoms with Crippen LogP contribution in [-0.2, 0) is 11.2 Å².